The zero-order valence-electron chi connectivity index (χ0n) is 13.6. The number of nitrogens with zero attached hydrogens (tertiary/aromatic N) is 2. The maximum Gasteiger partial charge on any atom is 0.261 e. The van der Waals surface area contributed by atoms with E-state index in [2.05, 4.69) is 9.97 Å². The number of imidazole rings is 1. The number of anilines is 1. The topological polar surface area (TPSA) is 78.4 Å². The number of nitrogens with one attached hydrogen (secondary N) is 1. The van der Waals surface area contributed by atoms with Gasteiger partial charge in [0.05, 0.1) is 6.61 Å². The molecule has 2 aromatic carbocycles. The number of rotatable bonds is 4. The number of carbonyl (C=O) groups excluding carboxylic acids is 1. The minimum Gasteiger partial charge on any atom is -0.494 e. The van der Waals surface area contributed by atoms with Crippen molar-refractivity contribution in [3.63, 3.8) is 0 Å². The Kier molecular flexibility index (Phi) is 3.54. The SMILES string of the molecule is CCOc1ccc(N2C(=O)c3ccccc3[C@]2(O)c2ncc[nH]2)cc1. The van der Waals surface area contributed by atoms with Crippen molar-refractivity contribution in [3.8, 4) is 5.75 Å². The minimum absolute atomic E-state index is 0.279. The van der Waals surface area contributed by atoms with Gasteiger partial charge in [0.15, 0.2) is 5.82 Å². The molecule has 1 aliphatic rings. The molecule has 1 aliphatic heterocycles. The monoisotopic (exact) mass is 335 g/mol. The molecule has 0 spiro atoms. The first-order valence-corrected chi connectivity index (χ1v) is 8.05. The lowest BCUT2D eigenvalue weighted by Gasteiger charge is -2.32. The van der Waals surface area contributed by atoms with Crippen LogP contribution in [0.4, 0.5) is 5.69 Å². The highest BCUT2D eigenvalue weighted by atomic mass is 16.5. The van der Waals surface area contributed by atoms with Gasteiger partial charge >= 0.3 is 0 Å². The van der Waals surface area contributed by atoms with Gasteiger partial charge in [-0.05, 0) is 37.3 Å². The van der Waals surface area contributed by atoms with Crippen molar-refractivity contribution in [3.05, 3.63) is 77.9 Å². The van der Waals surface area contributed by atoms with Crippen LogP contribution in [0.15, 0.2) is 60.9 Å². The molecule has 2 N–H and O–H groups in total. The molecule has 0 unspecified atom stereocenters. The van der Waals surface area contributed by atoms with E-state index in [0.717, 1.165) is 0 Å². The molecule has 0 radical (unpaired) electrons. The molecule has 0 fully saturated rings. The summed E-state index contributed by atoms with van der Waals surface area (Å²) in [6.07, 6.45) is 3.17. The van der Waals surface area contributed by atoms with Crippen LogP contribution in [0.2, 0.25) is 0 Å². The largest absolute Gasteiger partial charge is 0.494 e. The van der Waals surface area contributed by atoms with Gasteiger partial charge in [-0.15, -0.1) is 0 Å². The van der Waals surface area contributed by atoms with E-state index in [9.17, 15) is 9.90 Å². The fourth-order valence-corrected chi connectivity index (χ4v) is 3.21. The number of amides is 1. The first-order valence-electron chi connectivity index (χ1n) is 8.05. The number of fused-ring (bicyclic) bond motifs is 1. The average molecular weight is 335 g/mol. The van der Waals surface area contributed by atoms with Crippen molar-refractivity contribution in [2.45, 2.75) is 12.6 Å². The zero-order chi connectivity index (χ0) is 17.4. The number of aliphatic hydroxyl groups is 1. The van der Waals surface area contributed by atoms with Crippen molar-refractivity contribution in [1.82, 2.24) is 9.97 Å². The predicted octanol–water partition coefficient (Wildman–Crippen LogP) is 2.66. The summed E-state index contributed by atoms with van der Waals surface area (Å²) < 4.78 is 5.45. The molecule has 6 heteroatoms. The molecule has 1 amide bonds. The highest BCUT2D eigenvalue weighted by molar-refractivity contribution is 6.12. The fourth-order valence-electron chi connectivity index (χ4n) is 3.21. The maximum absolute atomic E-state index is 13.0. The molecule has 0 aliphatic carbocycles. The summed E-state index contributed by atoms with van der Waals surface area (Å²) >= 11 is 0. The van der Waals surface area contributed by atoms with E-state index in [1.165, 1.54) is 4.90 Å². The van der Waals surface area contributed by atoms with E-state index in [1.54, 1.807) is 60.9 Å². The molecule has 6 nitrogen and oxygen atoms in total. The van der Waals surface area contributed by atoms with E-state index < -0.39 is 5.72 Å². The molecule has 4 rings (SSSR count). The van der Waals surface area contributed by atoms with Crippen molar-refractivity contribution in [2.24, 2.45) is 0 Å². The third-order valence-corrected chi connectivity index (χ3v) is 4.29. The van der Waals surface area contributed by atoms with Gasteiger partial charge < -0.3 is 14.8 Å². The van der Waals surface area contributed by atoms with Crippen LogP contribution in [-0.2, 0) is 5.72 Å². The van der Waals surface area contributed by atoms with Crippen LogP contribution in [0.5, 0.6) is 5.75 Å². The summed E-state index contributed by atoms with van der Waals surface area (Å²) in [5.41, 5.74) is -0.174. The third-order valence-electron chi connectivity index (χ3n) is 4.29. The Morgan fingerprint density at radius 3 is 2.64 bits per heavy atom. The Balaban J connectivity index is 1.87. The van der Waals surface area contributed by atoms with Crippen LogP contribution >= 0.6 is 0 Å². The predicted molar refractivity (Wildman–Crippen MR) is 92.4 cm³/mol. The minimum atomic E-state index is -1.69. The quantitative estimate of drug-likeness (QED) is 0.768. The lowest BCUT2D eigenvalue weighted by Crippen LogP contribution is -2.45. The summed E-state index contributed by atoms with van der Waals surface area (Å²) in [4.78, 5) is 21.5. The summed E-state index contributed by atoms with van der Waals surface area (Å²) in [5.74, 6) is 0.718. The molecule has 25 heavy (non-hydrogen) atoms. The molecule has 126 valence electrons. The second kappa shape index (κ2) is 5.75. The molecule has 1 aromatic heterocycles. The zero-order valence-corrected chi connectivity index (χ0v) is 13.6. The number of aromatic amines is 1. The molecule has 0 saturated carbocycles. The molecular weight excluding hydrogens is 318 g/mol. The average Bonchev–Trinajstić information content (AvgIpc) is 3.25. The highest BCUT2D eigenvalue weighted by Gasteiger charge is 2.52. The van der Waals surface area contributed by atoms with Crippen molar-refractivity contribution in [2.75, 3.05) is 11.5 Å². The first-order chi connectivity index (χ1) is 12.2. The Bertz CT molecular complexity index is 906. The normalized spacial score (nSPS) is 19.1. The molecule has 3 aromatic rings. The number of carbonyl (C=O) groups is 1. The van der Waals surface area contributed by atoms with Gasteiger partial charge in [-0.3, -0.25) is 9.69 Å². The van der Waals surface area contributed by atoms with Crippen LogP contribution in [-0.4, -0.2) is 27.6 Å². The number of hydrogen-bond donors (Lipinski definition) is 2. The number of aromatic nitrogens is 2. The molecule has 2 heterocycles. The Hall–Kier alpha value is -3.12. The van der Waals surface area contributed by atoms with Crippen LogP contribution < -0.4 is 9.64 Å². The Morgan fingerprint density at radius 1 is 1.20 bits per heavy atom. The van der Waals surface area contributed by atoms with Crippen LogP contribution in [0, 0.1) is 0 Å². The highest BCUT2D eigenvalue weighted by Crippen LogP contribution is 2.43. The van der Waals surface area contributed by atoms with E-state index in [1.807, 2.05) is 6.92 Å². The third kappa shape index (κ3) is 2.22. The fraction of sp³-hybridized carbons (Fsp3) is 0.158. The van der Waals surface area contributed by atoms with Gasteiger partial charge in [-0.1, -0.05) is 18.2 Å². The molecule has 1 atom stereocenters. The summed E-state index contributed by atoms with van der Waals surface area (Å²) in [6, 6.07) is 14.1. The standard InChI is InChI=1S/C19H17N3O3/c1-2-25-14-9-7-13(8-10-14)22-17(23)15-5-3-4-6-16(15)19(22,24)18-20-11-12-21-18/h3-12,24H,2H2,1H3,(H,20,21)/t19-/m0/s1. The Morgan fingerprint density at radius 2 is 1.96 bits per heavy atom. The van der Waals surface area contributed by atoms with Crippen molar-refractivity contribution < 1.29 is 14.6 Å². The van der Waals surface area contributed by atoms with Crippen LogP contribution in [0.3, 0.4) is 0 Å². The second-order valence-corrected chi connectivity index (χ2v) is 5.72. The van der Waals surface area contributed by atoms with Gasteiger partial charge in [0.25, 0.3) is 5.91 Å². The van der Waals surface area contributed by atoms with Gasteiger partial charge in [-0.25, -0.2) is 4.98 Å². The lowest BCUT2D eigenvalue weighted by molar-refractivity contribution is 0.0652. The first kappa shape index (κ1) is 15.4. The van der Waals surface area contributed by atoms with Crippen LogP contribution in [0.1, 0.15) is 28.7 Å². The summed E-state index contributed by atoms with van der Waals surface area (Å²) in [6.45, 7) is 2.47. The van der Waals surface area contributed by atoms with Gasteiger partial charge in [0.2, 0.25) is 5.72 Å². The molecule has 0 bridgehead atoms. The second-order valence-electron chi connectivity index (χ2n) is 5.72. The Labute approximate surface area is 144 Å². The van der Waals surface area contributed by atoms with Crippen LogP contribution in [0.25, 0.3) is 0 Å². The molecular formula is C19H17N3O3. The molecule has 0 saturated heterocycles. The van der Waals surface area contributed by atoms with E-state index >= 15 is 0 Å². The summed E-state index contributed by atoms with van der Waals surface area (Å²) in [7, 11) is 0. The van der Waals surface area contributed by atoms with Gasteiger partial charge in [0.1, 0.15) is 5.75 Å². The number of H-pyrrole nitrogens is 1. The van der Waals surface area contributed by atoms with E-state index in [-0.39, 0.29) is 5.91 Å². The number of hydrogen-bond acceptors (Lipinski definition) is 4. The van der Waals surface area contributed by atoms with E-state index in [0.29, 0.717) is 35.0 Å². The van der Waals surface area contributed by atoms with Gasteiger partial charge in [0, 0.05) is 29.2 Å². The van der Waals surface area contributed by atoms with Crippen molar-refractivity contribution in [1.29, 1.82) is 0 Å². The van der Waals surface area contributed by atoms with E-state index in [4.69, 9.17) is 4.74 Å². The van der Waals surface area contributed by atoms with Gasteiger partial charge in [-0.2, -0.15) is 0 Å². The lowest BCUT2D eigenvalue weighted by atomic mass is 10.0. The summed E-state index contributed by atoms with van der Waals surface area (Å²) in [5, 5.41) is 11.5. The van der Waals surface area contributed by atoms with Crippen molar-refractivity contribution >= 4 is 11.6 Å². The smallest absolute Gasteiger partial charge is 0.261 e. The maximum atomic E-state index is 13.0. The number of ether oxygens (including phenoxy) is 1. The number of benzene rings is 2.